The average Bonchev–Trinajstić information content (AvgIpc) is 3.23. The van der Waals surface area contributed by atoms with Gasteiger partial charge in [-0.15, -0.1) is 0 Å². The summed E-state index contributed by atoms with van der Waals surface area (Å²) in [5.41, 5.74) is 3.99. The van der Waals surface area contributed by atoms with Gasteiger partial charge in [0.1, 0.15) is 6.61 Å². The first-order valence-corrected chi connectivity index (χ1v) is 12.0. The maximum atomic E-state index is 12.9. The van der Waals surface area contributed by atoms with Crippen LogP contribution in [0.4, 0.5) is 4.79 Å². The van der Waals surface area contributed by atoms with E-state index in [1.54, 1.807) is 25.3 Å². The molecule has 0 radical (unpaired) electrons. The molecule has 0 aliphatic carbocycles. The summed E-state index contributed by atoms with van der Waals surface area (Å²) in [7, 11) is 1.57. The highest BCUT2D eigenvalue weighted by atomic mass is 79.9. The third-order valence-corrected chi connectivity index (χ3v) is 6.79. The zero-order valence-electron chi connectivity index (χ0n) is 18.5. The van der Waals surface area contributed by atoms with Crippen LogP contribution in [0.5, 0.6) is 11.5 Å². The fourth-order valence-corrected chi connectivity index (χ4v) is 4.86. The van der Waals surface area contributed by atoms with Crippen molar-refractivity contribution in [2.75, 3.05) is 20.3 Å². The minimum atomic E-state index is -0.304. The van der Waals surface area contributed by atoms with Crippen molar-refractivity contribution in [3.8, 4) is 17.2 Å². The monoisotopic (exact) mass is 526 g/mol. The quantitative estimate of drug-likeness (QED) is 0.354. The van der Waals surface area contributed by atoms with Gasteiger partial charge >= 0.3 is 0 Å². The van der Waals surface area contributed by atoms with Crippen LogP contribution in [0, 0.1) is 13.8 Å². The normalized spacial score (nSPS) is 14.9. The molecule has 0 atom stereocenters. The Bertz CT molecular complexity index is 1230. The van der Waals surface area contributed by atoms with Crippen molar-refractivity contribution in [2.24, 2.45) is 0 Å². The second-order valence-electron chi connectivity index (χ2n) is 7.47. The van der Waals surface area contributed by atoms with Crippen LogP contribution in [0.15, 0.2) is 64.0 Å². The van der Waals surface area contributed by atoms with Crippen molar-refractivity contribution in [3.05, 3.63) is 80.9 Å². The topological polar surface area (TPSA) is 60.8 Å². The van der Waals surface area contributed by atoms with Crippen molar-refractivity contribution in [2.45, 2.75) is 13.8 Å². The molecule has 33 heavy (non-hydrogen) atoms. The first-order chi connectivity index (χ1) is 15.9. The van der Waals surface area contributed by atoms with E-state index in [0.717, 1.165) is 38.9 Å². The number of hydrogen-bond acceptors (Lipinski definition) is 5. The van der Waals surface area contributed by atoms with Gasteiger partial charge in [-0.25, -0.2) is 0 Å². The number of nitrogens with zero attached hydrogens (tertiary/aromatic N) is 2. The Morgan fingerprint density at radius 2 is 1.73 bits per heavy atom. The number of halogens is 1. The Labute approximate surface area is 205 Å². The Kier molecular flexibility index (Phi) is 6.95. The third-order valence-electron chi connectivity index (χ3n) is 5.36. The second kappa shape index (κ2) is 9.89. The van der Waals surface area contributed by atoms with Crippen molar-refractivity contribution >= 4 is 44.9 Å². The molecule has 2 aromatic carbocycles. The molecule has 0 unspecified atom stereocenters. The van der Waals surface area contributed by atoms with Crippen molar-refractivity contribution in [3.63, 3.8) is 0 Å². The van der Waals surface area contributed by atoms with E-state index in [2.05, 4.69) is 20.5 Å². The lowest BCUT2D eigenvalue weighted by molar-refractivity contribution is -0.123. The molecule has 1 aliphatic rings. The van der Waals surface area contributed by atoms with Crippen LogP contribution in [0.2, 0.25) is 0 Å². The molecule has 1 fully saturated rings. The Hall–Kier alpha value is -2.97. The number of aryl methyl sites for hydroxylation is 1. The van der Waals surface area contributed by atoms with E-state index in [-0.39, 0.29) is 24.3 Å². The lowest BCUT2D eigenvalue weighted by Crippen LogP contribution is -2.32. The summed E-state index contributed by atoms with van der Waals surface area (Å²) >= 11 is 4.42. The lowest BCUT2D eigenvalue weighted by atomic mass is 10.2. The number of rotatable bonds is 7. The number of hydrogen-bond donors (Lipinski definition) is 0. The number of ether oxygens (including phenoxy) is 2. The maximum absolute atomic E-state index is 12.9. The smallest absolute Gasteiger partial charge is 0.293 e. The van der Waals surface area contributed by atoms with Gasteiger partial charge in [-0.05, 0) is 79.7 Å². The molecule has 0 saturated carbocycles. The molecule has 1 aliphatic heterocycles. The number of imide groups is 1. The van der Waals surface area contributed by atoms with Crippen LogP contribution in [0.3, 0.4) is 0 Å². The predicted octanol–water partition coefficient (Wildman–Crippen LogP) is 5.98. The van der Waals surface area contributed by atoms with Gasteiger partial charge in [-0.2, -0.15) is 0 Å². The number of carbonyl (C=O) groups is 2. The SMILES string of the molecule is COc1ccccc1OCCN1C(=O)S/C(=C\c2cc(C)n(-c3ccc(Br)cc3)c2C)C1=O. The molecule has 1 aromatic heterocycles. The van der Waals surface area contributed by atoms with Gasteiger partial charge in [-0.3, -0.25) is 14.5 Å². The third kappa shape index (κ3) is 4.86. The summed E-state index contributed by atoms with van der Waals surface area (Å²) in [6.07, 6.45) is 1.80. The van der Waals surface area contributed by atoms with Crippen molar-refractivity contribution in [1.29, 1.82) is 0 Å². The summed E-state index contributed by atoms with van der Waals surface area (Å²) in [5.74, 6) is 0.873. The van der Waals surface area contributed by atoms with E-state index in [4.69, 9.17) is 9.47 Å². The standard InChI is InChI=1S/C25H23BrN2O4S/c1-16-14-18(17(2)28(16)20-10-8-19(26)9-11-20)15-23-24(29)27(25(30)33-23)12-13-32-22-7-5-4-6-21(22)31-3/h4-11,14-15H,12-13H2,1-3H3/b23-15-. The first-order valence-electron chi connectivity index (χ1n) is 10.3. The van der Waals surface area contributed by atoms with Crippen molar-refractivity contribution in [1.82, 2.24) is 9.47 Å². The highest BCUT2D eigenvalue weighted by Crippen LogP contribution is 2.34. The van der Waals surface area contributed by atoms with Gasteiger partial charge in [0.05, 0.1) is 18.6 Å². The molecular weight excluding hydrogens is 504 g/mol. The summed E-state index contributed by atoms with van der Waals surface area (Å²) in [6, 6.07) is 17.3. The minimum Gasteiger partial charge on any atom is -0.493 e. The van der Waals surface area contributed by atoms with Crippen LogP contribution < -0.4 is 9.47 Å². The number of carbonyl (C=O) groups excluding carboxylic acids is 2. The average molecular weight is 527 g/mol. The highest BCUT2D eigenvalue weighted by molar-refractivity contribution is 9.10. The second-order valence-corrected chi connectivity index (χ2v) is 9.38. The van der Waals surface area contributed by atoms with Crippen LogP contribution in [0.25, 0.3) is 11.8 Å². The number of amides is 2. The Morgan fingerprint density at radius 1 is 1.03 bits per heavy atom. The molecule has 0 bridgehead atoms. The fraction of sp³-hybridized carbons (Fsp3) is 0.200. The summed E-state index contributed by atoms with van der Waals surface area (Å²) in [6.45, 7) is 4.38. The molecule has 1 saturated heterocycles. The number of para-hydroxylation sites is 2. The molecule has 170 valence electrons. The number of aromatic nitrogens is 1. The number of benzene rings is 2. The van der Waals surface area contributed by atoms with Crippen LogP contribution in [-0.2, 0) is 4.79 Å². The van der Waals surface area contributed by atoms with E-state index in [9.17, 15) is 9.59 Å². The molecule has 2 heterocycles. The van der Waals surface area contributed by atoms with E-state index >= 15 is 0 Å². The zero-order chi connectivity index (χ0) is 23.5. The van der Waals surface area contributed by atoms with E-state index in [0.29, 0.717) is 16.4 Å². The van der Waals surface area contributed by atoms with Crippen molar-refractivity contribution < 1.29 is 19.1 Å². The molecular formula is C25H23BrN2O4S. The summed E-state index contributed by atoms with van der Waals surface area (Å²) < 4.78 is 14.1. The molecule has 3 aromatic rings. The molecule has 6 nitrogen and oxygen atoms in total. The molecule has 8 heteroatoms. The zero-order valence-corrected chi connectivity index (χ0v) is 20.9. The first kappa shape index (κ1) is 23.2. The van der Waals surface area contributed by atoms with Crippen LogP contribution in [0.1, 0.15) is 17.0 Å². The van der Waals surface area contributed by atoms with Gasteiger partial charge in [0.2, 0.25) is 0 Å². The predicted molar refractivity (Wildman–Crippen MR) is 134 cm³/mol. The van der Waals surface area contributed by atoms with E-state index in [1.165, 1.54) is 4.90 Å². The van der Waals surface area contributed by atoms with Gasteiger partial charge in [0, 0.05) is 21.5 Å². The Balaban J connectivity index is 1.49. The van der Waals surface area contributed by atoms with E-state index in [1.807, 2.05) is 56.3 Å². The lowest BCUT2D eigenvalue weighted by Gasteiger charge is -2.14. The highest BCUT2D eigenvalue weighted by Gasteiger charge is 2.35. The molecule has 4 rings (SSSR count). The maximum Gasteiger partial charge on any atom is 0.293 e. The molecule has 2 amide bonds. The van der Waals surface area contributed by atoms with Gasteiger partial charge < -0.3 is 14.0 Å². The summed E-state index contributed by atoms with van der Waals surface area (Å²) in [5, 5.41) is -0.295. The summed E-state index contributed by atoms with van der Waals surface area (Å²) in [4.78, 5) is 27.1. The van der Waals surface area contributed by atoms with Crippen LogP contribution >= 0.6 is 27.7 Å². The number of methoxy groups -OCH3 is 1. The largest absolute Gasteiger partial charge is 0.493 e. The molecule has 0 N–H and O–H groups in total. The number of thioether (sulfide) groups is 1. The van der Waals surface area contributed by atoms with Gasteiger partial charge in [0.15, 0.2) is 11.5 Å². The van der Waals surface area contributed by atoms with Gasteiger partial charge in [0.25, 0.3) is 11.1 Å². The van der Waals surface area contributed by atoms with Gasteiger partial charge in [-0.1, -0.05) is 28.1 Å². The molecule has 0 spiro atoms. The minimum absolute atomic E-state index is 0.165. The van der Waals surface area contributed by atoms with E-state index < -0.39 is 0 Å². The fourth-order valence-electron chi connectivity index (χ4n) is 3.74. The Morgan fingerprint density at radius 3 is 2.42 bits per heavy atom. The van der Waals surface area contributed by atoms with Crippen LogP contribution in [-0.4, -0.2) is 40.9 Å².